The zero-order valence-corrected chi connectivity index (χ0v) is 10.1. The van der Waals surface area contributed by atoms with Crippen LogP contribution in [0.3, 0.4) is 0 Å². The Labute approximate surface area is 99.4 Å². The number of aromatic nitrogens is 2. The highest BCUT2D eigenvalue weighted by molar-refractivity contribution is 6.31. The average Bonchev–Trinajstić information content (AvgIpc) is 2.64. The fourth-order valence-corrected chi connectivity index (χ4v) is 2.41. The molecule has 0 radical (unpaired) electrons. The molecular formula is C10H13Cl2N3. The normalized spacial score (nSPS) is 21.0. The lowest BCUT2D eigenvalue weighted by Gasteiger charge is -2.19. The monoisotopic (exact) mass is 245 g/mol. The third-order valence-corrected chi connectivity index (χ3v) is 3.32. The molecule has 2 heterocycles. The summed E-state index contributed by atoms with van der Waals surface area (Å²) in [7, 11) is 0. The molecule has 3 nitrogen and oxygen atoms in total. The molecule has 15 heavy (non-hydrogen) atoms. The smallest absolute Gasteiger partial charge is 0.138 e. The summed E-state index contributed by atoms with van der Waals surface area (Å²) in [5.74, 6) is 1.97. The van der Waals surface area contributed by atoms with E-state index in [9.17, 15) is 0 Å². The van der Waals surface area contributed by atoms with Gasteiger partial charge in [0, 0.05) is 18.7 Å². The van der Waals surface area contributed by atoms with Crippen LogP contribution in [-0.2, 0) is 5.88 Å². The molecule has 0 N–H and O–H groups in total. The van der Waals surface area contributed by atoms with Gasteiger partial charge in [-0.3, -0.25) is 0 Å². The number of hydrogen-bond donors (Lipinski definition) is 0. The summed E-state index contributed by atoms with van der Waals surface area (Å²) < 4.78 is 0. The first-order valence-electron chi connectivity index (χ1n) is 5.02. The molecule has 0 aromatic carbocycles. The van der Waals surface area contributed by atoms with Crippen LogP contribution in [0, 0.1) is 5.92 Å². The molecule has 1 fully saturated rings. The van der Waals surface area contributed by atoms with Gasteiger partial charge in [-0.05, 0) is 12.3 Å². The molecule has 1 aromatic rings. The largest absolute Gasteiger partial charge is 0.356 e. The van der Waals surface area contributed by atoms with E-state index in [1.54, 1.807) is 0 Å². The number of alkyl halides is 1. The van der Waals surface area contributed by atoms with E-state index in [0.717, 1.165) is 24.5 Å². The lowest BCUT2D eigenvalue weighted by molar-refractivity contribution is 0.658. The SMILES string of the molecule is CC1CCN(c2ncnc(Cl)c2CCl)C1. The molecule has 5 heteroatoms. The third-order valence-electron chi connectivity index (χ3n) is 2.73. The summed E-state index contributed by atoms with van der Waals surface area (Å²) in [5, 5.41) is 0.467. The predicted molar refractivity (Wildman–Crippen MR) is 62.6 cm³/mol. The Morgan fingerprint density at radius 3 is 2.93 bits per heavy atom. The summed E-state index contributed by atoms with van der Waals surface area (Å²) in [6, 6.07) is 0. The highest BCUT2D eigenvalue weighted by atomic mass is 35.5. The van der Waals surface area contributed by atoms with E-state index < -0.39 is 0 Å². The molecule has 1 aliphatic heterocycles. The molecule has 0 bridgehead atoms. The van der Waals surface area contributed by atoms with Gasteiger partial charge in [-0.15, -0.1) is 11.6 Å². The van der Waals surface area contributed by atoms with Crippen molar-refractivity contribution in [3.05, 3.63) is 17.0 Å². The van der Waals surface area contributed by atoms with E-state index in [2.05, 4.69) is 21.8 Å². The van der Waals surface area contributed by atoms with Crippen molar-refractivity contribution < 1.29 is 0 Å². The minimum atomic E-state index is 0.361. The molecule has 1 saturated heterocycles. The van der Waals surface area contributed by atoms with E-state index in [0.29, 0.717) is 17.0 Å². The molecule has 1 atom stereocenters. The van der Waals surface area contributed by atoms with Gasteiger partial charge in [-0.25, -0.2) is 9.97 Å². The van der Waals surface area contributed by atoms with Crippen molar-refractivity contribution in [2.75, 3.05) is 18.0 Å². The molecule has 0 saturated carbocycles. The summed E-state index contributed by atoms with van der Waals surface area (Å²) in [5.41, 5.74) is 0.843. The van der Waals surface area contributed by atoms with Crippen LogP contribution in [0.25, 0.3) is 0 Å². The van der Waals surface area contributed by atoms with Crippen LogP contribution in [0.2, 0.25) is 5.15 Å². The highest BCUT2D eigenvalue weighted by Crippen LogP contribution is 2.28. The van der Waals surface area contributed by atoms with E-state index in [-0.39, 0.29) is 0 Å². The standard InChI is InChI=1S/C10H13Cl2N3/c1-7-2-3-15(5-7)10-8(4-11)9(12)13-6-14-10/h6-7H,2-5H2,1H3. The van der Waals surface area contributed by atoms with E-state index in [1.807, 2.05) is 0 Å². The fourth-order valence-electron chi connectivity index (χ4n) is 1.90. The second-order valence-corrected chi connectivity index (χ2v) is 4.57. The number of nitrogens with zero attached hydrogens (tertiary/aromatic N) is 3. The van der Waals surface area contributed by atoms with Crippen LogP contribution >= 0.6 is 23.2 Å². The van der Waals surface area contributed by atoms with Gasteiger partial charge in [-0.2, -0.15) is 0 Å². The first-order chi connectivity index (χ1) is 7.22. The van der Waals surface area contributed by atoms with Gasteiger partial charge in [0.2, 0.25) is 0 Å². The van der Waals surface area contributed by atoms with Crippen molar-refractivity contribution in [1.82, 2.24) is 9.97 Å². The van der Waals surface area contributed by atoms with Crippen LogP contribution in [0.4, 0.5) is 5.82 Å². The molecule has 1 unspecified atom stereocenters. The molecule has 82 valence electrons. The van der Waals surface area contributed by atoms with Crippen molar-refractivity contribution in [3.8, 4) is 0 Å². The van der Waals surface area contributed by atoms with Gasteiger partial charge in [0.15, 0.2) is 0 Å². The Morgan fingerprint density at radius 2 is 2.33 bits per heavy atom. The Balaban J connectivity index is 2.31. The summed E-state index contributed by atoms with van der Waals surface area (Å²) in [4.78, 5) is 10.4. The van der Waals surface area contributed by atoms with Crippen molar-refractivity contribution in [3.63, 3.8) is 0 Å². The van der Waals surface area contributed by atoms with E-state index >= 15 is 0 Å². The topological polar surface area (TPSA) is 29.0 Å². The number of halogens is 2. The molecule has 0 amide bonds. The van der Waals surface area contributed by atoms with Crippen LogP contribution in [0.1, 0.15) is 18.9 Å². The first kappa shape index (κ1) is 11.0. The summed E-state index contributed by atoms with van der Waals surface area (Å²) >= 11 is 11.8. The number of anilines is 1. The molecule has 1 aliphatic rings. The van der Waals surface area contributed by atoms with Crippen molar-refractivity contribution >= 4 is 29.0 Å². The summed E-state index contributed by atoms with van der Waals surface area (Å²) in [6.45, 7) is 4.29. The minimum absolute atomic E-state index is 0.361. The maximum Gasteiger partial charge on any atom is 0.138 e. The van der Waals surface area contributed by atoms with Crippen LogP contribution < -0.4 is 4.90 Å². The van der Waals surface area contributed by atoms with Gasteiger partial charge in [0.25, 0.3) is 0 Å². The third kappa shape index (κ3) is 2.18. The second-order valence-electron chi connectivity index (χ2n) is 3.94. The Hall–Kier alpha value is -0.540. The average molecular weight is 246 g/mol. The fraction of sp³-hybridized carbons (Fsp3) is 0.600. The Bertz CT molecular complexity index is 357. The minimum Gasteiger partial charge on any atom is -0.356 e. The number of rotatable bonds is 2. The van der Waals surface area contributed by atoms with Crippen LogP contribution in [0.5, 0.6) is 0 Å². The van der Waals surface area contributed by atoms with Crippen molar-refractivity contribution in [2.24, 2.45) is 5.92 Å². The zero-order valence-electron chi connectivity index (χ0n) is 8.58. The Morgan fingerprint density at radius 1 is 1.53 bits per heavy atom. The van der Waals surface area contributed by atoms with Crippen molar-refractivity contribution in [1.29, 1.82) is 0 Å². The second kappa shape index (κ2) is 4.54. The lowest BCUT2D eigenvalue weighted by atomic mass is 10.2. The molecule has 1 aromatic heterocycles. The molecule has 2 rings (SSSR count). The van der Waals surface area contributed by atoms with Gasteiger partial charge in [-0.1, -0.05) is 18.5 Å². The lowest BCUT2D eigenvalue weighted by Crippen LogP contribution is -2.22. The van der Waals surface area contributed by atoms with E-state index in [1.165, 1.54) is 12.7 Å². The van der Waals surface area contributed by atoms with Gasteiger partial charge >= 0.3 is 0 Å². The molecular weight excluding hydrogens is 233 g/mol. The van der Waals surface area contributed by atoms with Crippen LogP contribution in [-0.4, -0.2) is 23.1 Å². The maximum absolute atomic E-state index is 5.98. The van der Waals surface area contributed by atoms with Gasteiger partial charge in [0.05, 0.1) is 5.88 Å². The molecule has 0 spiro atoms. The first-order valence-corrected chi connectivity index (χ1v) is 5.94. The highest BCUT2D eigenvalue weighted by Gasteiger charge is 2.23. The van der Waals surface area contributed by atoms with E-state index in [4.69, 9.17) is 23.2 Å². The Kier molecular flexibility index (Phi) is 3.32. The van der Waals surface area contributed by atoms with Gasteiger partial charge in [0.1, 0.15) is 17.3 Å². The van der Waals surface area contributed by atoms with Gasteiger partial charge < -0.3 is 4.90 Å². The zero-order chi connectivity index (χ0) is 10.8. The molecule has 0 aliphatic carbocycles. The number of hydrogen-bond acceptors (Lipinski definition) is 3. The quantitative estimate of drug-likeness (QED) is 0.593. The van der Waals surface area contributed by atoms with Crippen molar-refractivity contribution in [2.45, 2.75) is 19.2 Å². The van der Waals surface area contributed by atoms with Crippen LogP contribution in [0.15, 0.2) is 6.33 Å². The predicted octanol–water partition coefficient (Wildman–Crippen LogP) is 2.72. The maximum atomic E-state index is 5.98. The summed E-state index contributed by atoms with van der Waals surface area (Å²) in [6.07, 6.45) is 2.69.